The average Bonchev–Trinajstić information content (AvgIpc) is 3.34. The number of nitrogens with two attached hydrogens (primary N) is 1. The number of anilines is 1. The van der Waals surface area contributed by atoms with Gasteiger partial charge in [0.15, 0.2) is 26.4 Å². The van der Waals surface area contributed by atoms with Crippen molar-refractivity contribution < 1.29 is 32.7 Å². The maximum Gasteiger partial charge on any atom is 0.355 e. The third kappa shape index (κ3) is 4.52. The molecule has 15 heteroatoms. The molecule has 3 rings (SSSR count). The number of carbonyl (C=O) groups excluding carboxylic acids is 2. The van der Waals surface area contributed by atoms with Crippen LogP contribution in [0.1, 0.15) is 19.0 Å². The van der Waals surface area contributed by atoms with Crippen LogP contribution in [-0.2, 0) is 29.1 Å². The zero-order chi connectivity index (χ0) is 22.9. The van der Waals surface area contributed by atoms with Gasteiger partial charge in [0.05, 0.1) is 11.4 Å². The molecule has 0 aromatic carbocycles. The topological polar surface area (TPSA) is 185 Å². The molecule has 13 nitrogen and oxygen atoms in total. The van der Waals surface area contributed by atoms with E-state index in [0.29, 0.717) is 6.42 Å². The van der Waals surface area contributed by atoms with Crippen molar-refractivity contribution in [2.75, 3.05) is 31.7 Å². The quantitative estimate of drug-likeness (QED) is 0.235. The summed E-state index contributed by atoms with van der Waals surface area (Å²) in [6.45, 7) is 1.69. The minimum absolute atomic E-state index is 0.122. The smallest absolute Gasteiger partial charge is 0.355 e. The number of hydrazine groups is 1. The van der Waals surface area contributed by atoms with Gasteiger partial charge in [-0.1, -0.05) is 12.1 Å². The van der Waals surface area contributed by atoms with Gasteiger partial charge in [-0.2, -0.15) is 0 Å². The predicted molar refractivity (Wildman–Crippen MR) is 109 cm³/mol. The monoisotopic (exact) mass is 472 g/mol. The number of carboxylic acid groups (broad SMARTS) is 1. The first-order valence-electron chi connectivity index (χ1n) is 9.02. The van der Waals surface area contributed by atoms with Crippen LogP contribution in [0.4, 0.5) is 5.13 Å². The SMILES string of the molecule is CCCO/N=C(/C(=O)N[C@H]1CN2CC(S(C)(=O)=O)=C(C(=O)O)N2C1=O)c1csc(N)n1. The highest BCUT2D eigenvalue weighted by Gasteiger charge is 2.50. The Balaban J connectivity index is 1.83. The van der Waals surface area contributed by atoms with Gasteiger partial charge in [-0.05, 0) is 6.42 Å². The normalized spacial score (nSPS) is 19.7. The summed E-state index contributed by atoms with van der Waals surface area (Å²) >= 11 is 1.09. The number of nitrogens with zero attached hydrogens (tertiary/aromatic N) is 4. The summed E-state index contributed by atoms with van der Waals surface area (Å²) in [4.78, 5) is 46.0. The number of hydrogen-bond acceptors (Lipinski definition) is 11. The Labute approximate surface area is 181 Å². The minimum atomic E-state index is -3.84. The third-order valence-corrected chi connectivity index (χ3v) is 6.26. The van der Waals surface area contributed by atoms with E-state index in [1.54, 1.807) is 0 Å². The number of carboxylic acids is 1. The number of nitrogen functional groups attached to an aromatic ring is 1. The van der Waals surface area contributed by atoms with Crippen LogP contribution >= 0.6 is 11.3 Å². The van der Waals surface area contributed by atoms with E-state index in [1.807, 2.05) is 6.92 Å². The number of thiazole rings is 1. The van der Waals surface area contributed by atoms with Crippen molar-refractivity contribution in [2.24, 2.45) is 5.16 Å². The van der Waals surface area contributed by atoms with Crippen LogP contribution in [0.3, 0.4) is 0 Å². The van der Waals surface area contributed by atoms with Gasteiger partial charge >= 0.3 is 5.97 Å². The van der Waals surface area contributed by atoms with Crippen molar-refractivity contribution >= 4 is 49.8 Å². The van der Waals surface area contributed by atoms with E-state index in [2.05, 4.69) is 15.5 Å². The first kappa shape index (κ1) is 22.6. The van der Waals surface area contributed by atoms with Crippen molar-refractivity contribution in [3.8, 4) is 0 Å². The van der Waals surface area contributed by atoms with Crippen LogP contribution in [0, 0.1) is 0 Å². The lowest BCUT2D eigenvalue weighted by Gasteiger charge is -2.18. The number of carbonyl (C=O) groups is 3. The standard InChI is InChI=1S/C16H20N6O7S2/c1-3-4-29-20-11(9-7-30-16(17)19-9)13(23)18-8-5-21-6-10(31(2,27)28)12(15(25)26)22(21)14(8)24/h7-8H,3-6H2,1-2H3,(H2,17,19)(H,18,23)(H,25,26)/b20-11+/t8-/m0/s1. The summed E-state index contributed by atoms with van der Waals surface area (Å²) in [7, 11) is -3.84. The maximum atomic E-state index is 12.8. The summed E-state index contributed by atoms with van der Waals surface area (Å²) in [6.07, 6.45) is 1.52. The fraction of sp³-hybridized carbons (Fsp3) is 0.438. The molecule has 1 fully saturated rings. The Morgan fingerprint density at radius 2 is 2.19 bits per heavy atom. The minimum Gasteiger partial charge on any atom is -0.476 e. The second-order valence-electron chi connectivity index (χ2n) is 6.72. The second-order valence-corrected chi connectivity index (χ2v) is 9.64. The van der Waals surface area contributed by atoms with Crippen LogP contribution in [0.15, 0.2) is 21.1 Å². The van der Waals surface area contributed by atoms with Crippen molar-refractivity contribution in [3.05, 3.63) is 21.7 Å². The lowest BCUT2D eigenvalue weighted by atomic mass is 10.2. The third-order valence-electron chi connectivity index (χ3n) is 4.37. The molecule has 2 amide bonds. The second kappa shape index (κ2) is 8.60. The van der Waals surface area contributed by atoms with Crippen molar-refractivity contribution in [1.82, 2.24) is 20.3 Å². The highest BCUT2D eigenvalue weighted by Crippen LogP contribution is 2.31. The predicted octanol–water partition coefficient (Wildman–Crippen LogP) is -1.25. The summed E-state index contributed by atoms with van der Waals surface area (Å²) in [5.41, 5.74) is 4.94. The molecule has 168 valence electrons. The Hall–Kier alpha value is -3.04. The van der Waals surface area contributed by atoms with Gasteiger partial charge in [0.25, 0.3) is 11.8 Å². The zero-order valence-corrected chi connectivity index (χ0v) is 18.2. The molecule has 0 unspecified atom stereocenters. The molecule has 2 aliphatic heterocycles. The molecular weight excluding hydrogens is 452 g/mol. The molecule has 1 saturated heterocycles. The molecule has 1 atom stereocenters. The number of hydrogen-bond donors (Lipinski definition) is 3. The molecule has 0 bridgehead atoms. The molecule has 1 aromatic rings. The Morgan fingerprint density at radius 3 is 2.74 bits per heavy atom. The van der Waals surface area contributed by atoms with Crippen LogP contribution in [0.25, 0.3) is 0 Å². The molecule has 1 aromatic heterocycles. The molecule has 0 radical (unpaired) electrons. The summed E-state index contributed by atoms with van der Waals surface area (Å²) in [5, 5.41) is 19.5. The molecule has 31 heavy (non-hydrogen) atoms. The van der Waals surface area contributed by atoms with E-state index in [4.69, 9.17) is 10.6 Å². The van der Waals surface area contributed by atoms with Crippen molar-refractivity contribution in [1.29, 1.82) is 0 Å². The summed E-state index contributed by atoms with van der Waals surface area (Å²) < 4.78 is 23.8. The van der Waals surface area contributed by atoms with Gasteiger partial charge < -0.3 is 21.0 Å². The van der Waals surface area contributed by atoms with Crippen LogP contribution < -0.4 is 11.1 Å². The number of rotatable bonds is 8. The van der Waals surface area contributed by atoms with Gasteiger partial charge in [-0.3, -0.25) is 9.59 Å². The number of amides is 2. The fourth-order valence-electron chi connectivity index (χ4n) is 3.04. The molecular formula is C16H20N6O7S2. The van der Waals surface area contributed by atoms with E-state index in [9.17, 15) is 27.9 Å². The van der Waals surface area contributed by atoms with E-state index < -0.39 is 39.4 Å². The molecule has 0 spiro atoms. The lowest BCUT2D eigenvalue weighted by Crippen LogP contribution is -2.46. The van der Waals surface area contributed by atoms with Gasteiger partial charge in [0, 0.05) is 18.2 Å². The lowest BCUT2D eigenvalue weighted by molar-refractivity contribution is -0.143. The van der Waals surface area contributed by atoms with Crippen LogP contribution in [0.5, 0.6) is 0 Å². The molecule has 4 N–H and O–H groups in total. The highest BCUT2D eigenvalue weighted by atomic mass is 32.2. The fourth-order valence-corrected chi connectivity index (χ4v) is 4.50. The van der Waals surface area contributed by atoms with Gasteiger partial charge in [0.1, 0.15) is 18.3 Å². The number of sulfone groups is 1. The molecule has 0 saturated carbocycles. The number of nitrogens with one attached hydrogen (secondary N) is 1. The van der Waals surface area contributed by atoms with E-state index >= 15 is 0 Å². The van der Waals surface area contributed by atoms with E-state index in [-0.39, 0.29) is 41.1 Å². The molecule has 2 aliphatic rings. The Bertz CT molecular complexity index is 1090. The first-order valence-corrected chi connectivity index (χ1v) is 11.8. The summed E-state index contributed by atoms with van der Waals surface area (Å²) in [5.74, 6) is -3.11. The van der Waals surface area contributed by atoms with Crippen molar-refractivity contribution in [2.45, 2.75) is 19.4 Å². The zero-order valence-electron chi connectivity index (χ0n) is 16.6. The average molecular weight is 473 g/mol. The Kier molecular flexibility index (Phi) is 6.28. The maximum absolute atomic E-state index is 12.8. The highest BCUT2D eigenvalue weighted by molar-refractivity contribution is 7.94. The molecule has 3 heterocycles. The van der Waals surface area contributed by atoms with Gasteiger partial charge in [-0.25, -0.2) is 28.2 Å². The number of aliphatic carboxylic acids is 1. The van der Waals surface area contributed by atoms with Crippen LogP contribution in [0.2, 0.25) is 0 Å². The van der Waals surface area contributed by atoms with Crippen molar-refractivity contribution in [3.63, 3.8) is 0 Å². The largest absolute Gasteiger partial charge is 0.476 e. The molecule has 0 aliphatic carbocycles. The first-order chi connectivity index (χ1) is 14.5. The number of aromatic nitrogens is 1. The van der Waals surface area contributed by atoms with Crippen LogP contribution in [-0.4, -0.2) is 84.0 Å². The number of oxime groups is 1. The van der Waals surface area contributed by atoms with E-state index in [0.717, 1.165) is 22.6 Å². The van der Waals surface area contributed by atoms with E-state index in [1.165, 1.54) is 10.4 Å². The Morgan fingerprint density at radius 1 is 1.48 bits per heavy atom. The summed E-state index contributed by atoms with van der Waals surface area (Å²) in [6, 6.07) is -1.13. The number of fused-ring (bicyclic) bond motifs is 1. The van der Waals surface area contributed by atoms with Gasteiger partial charge in [-0.15, -0.1) is 11.3 Å². The van der Waals surface area contributed by atoms with Gasteiger partial charge in [0.2, 0.25) is 0 Å².